The van der Waals surface area contributed by atoms with Crippen molar-refractivity contribution in [2.45, 2.75) is 0 Å². The van der Waals surface area contributed by atoms with Crippen molar-refractivity contribution in [1.29, 1.82) is 5.26 Å². The van der Waals surface area contributed by atoms with Gasteiger partial charge in [0.25, 0.3) is 0 Å². The smallest absolute Gasteiger partial charge is 0.159 e. The number of hydrogen-bond acceptors (Lipinski definition) is 4. The topological polar surface area (TPSA) is 75.6 Å². The molecule has 1 heterocycles. The van der Waals surface area contributed by atoms with Crippen LogP contribution < -0.4 is 5.73 Å². The van der Waals surface area contributed by atoms with E-state index in [2.05, 4.69) is 9.97 Å². The largest absolute Gasteiger partial charge is 0.399 e. The van der Waals surface area contributed by atoms with Gasteiger partial charge in [0, 0.05) is 23.6 Å². The monoisotopic (exact) mass is 196 g/mol. The molecule has 0 saturated heterocycles. The second-order valence-electron chi connectivity index (χ2n) is 3.03. The van der Waals surface area contributed by atoms with Crippen LogP contribution in [0.4, 0.5) is 5.69 Å². The van der Waals surface area contributed by atoms with Crippen LogP contribution >= 0.6 is 0 Å². The van der Waals surface area contributed by atoms with Crippen LogP contribution in [0, 0.1) is 11.3 Å². The summed E-state index contributed by atoms with van der Waals surface area (Å²) < 4.78 is 0. The van der Waals surface area contributed by atoms with Gasteiger partial charge in [-0.1, -0.05) is 0 Å². The van der Waals surface area contributed by atoms with Crippen molar-refractivity contribution < 1.29 is 0 Å². The van der Waals surface area contributed by atoms with Crippen molar-refractivity contribution in [2.24, 2.45) is 0 Å². The number of benzene rings is 1. The Morgan fingerprint density at radius 2 is 1.67 bits per heavy atom. The van der Waals surface area contributed by atoms with Crippen LogP contribution in [0.2, 0.25) is 0 Å². The number of nitrogens with two attached hydrogens (primary N) is 1. The van der Waals surface area contributed by atoms with Gasteiger partial charge in [0.05, 0.1) is 5.56 Å². The Bertz CT molecular complexity index is 494. The second kappa shape index (κ2) is 3.76. The molecule has 0 radical (unpaired) electrons. The summed E-state index contributed by atoms with van der Waals surface area (Å²) >= 11 is 0. The van der Waals surface area contributed by atoms with Crippen molar-refractivity contribution in [3.63, 3.8) is 0 Å². The number of nitriles is 1. The number of anilines is 1. The number of rotatable bonds is 1. The van der Waals surface area contributed by atoms with E-state index in [1.807, 2.05) is 18.2 Å². The van der Waals surface area contributed by atoms with Gasteiger partial charge in [-0.3, -0.25) is 0 Å². The van der Waals surface area contributed by atoms with E-state index in [1.54, 1.807) is 12.1 Å². The molecule has 1 aromatic carbocycles. The lowest BCUT2D eigenvalue weighted by Crippen LogP contribution is -1.90. The maximum absolute atomic E-state index is 8.59. The Morgan fingerprint density at radius 1 is 1.07 bits per heavy atom. The SMILES string of the molecule is N#Cc1cnc(-c2ccc(N)cc2)nc1. The second-order valence-corrected chi connectivity index (χ2v) is 3.03. The lowest BCUT2D eigenvalue weighted by molar-refractivity contribution is 1.16. The van der Waals surface area contributed by atoms with Gasteiger partial charge in [-0.2, -0.15) is 5.26 Å². The predicted molar refractivity (Wildman–Crippen MR) is 56.6 cm³/mol. The number of aromatic nitrogens is 2. The van der Waals surface area contributed by atoms with Crippen LogP contribution in [-0.4, -0.2) is 9.97 Å². The minimum Gasteiger partial charge on any atom is -0.399 e. The van der Waals surface area contributed by atoms with Gasteiger partial charge in [0.2, 0.25) is 0 Å². The number of nitrogens with zero attached hydrogens (tertiary/aromatic N) is 3. The highest BCUT2D eigenvalue weighted by molar-refractivity contribution is 5.58. The molecule has 0 aliphatic carbocycles. The lowest BCUT2D eigenvalue weighted by Gasteiger charge is -1.99. The standard InChI is InChI=1S/C11H8N4/c12-5-8-6-14-11(15-7-8)9-1-3-10(13)4-2-9/h1-4,6-7H,13H2. The van der Waals surface area contributed by atoms with Crippen molar-refractivity contribution in [3.05, 3.63) is 42.2 Å². The summed E-state index contributed by atoms with van der Waals surface area (Å²) in [5.41, 5.74) is 7.60. The molecular formula is C11H8N4. The summed E-state index contributed by atoms with van der Waals surface area (Å²) in [6.45, 7) is 0. The summed E-state index contributed by atoms with van der Waals surface area (Å²) in [5, 5.41) is 8.59. The van der Waals surface area contributed by atoms with Gasteiger partial charge >= 0.3 is 0 Å². The van der Waals surface area contributed by atoms with Crippen LogP contribution in [0.5, 0.6) is 0 Å². The molecule has 2 N–H and O–H groups in total. The van der Waals surface area contributed by atoms with Crippen molar-refractivity contribution >= 4 is 5.69 Å². The zero-order valence-corrected chi connectivity index (χ0v) is 7.88. The highest BCUT2D eigenvalue weighted by Crippen LogP contribution is 2.15. The molecule has 2 aromatic rings. The van der Waals surface area contributed by atoms with Crippen molar-refractivity contribution in [3.8, 4) is 17.5 Å². The normalized spacial score (nSPS) is 9.53. The van der Waals surface area contributed by atoms with Gasteiger partial charge < -0.3 is 5.73 Å². The first-order valence-electron chi connectivity index (χ1n) is 4.37. The fourth-order valence-electron chi connectivity index (χ4n) is 1.17. The highest BCUT2D eigenvalue weighted by Gasteiger charge is 2.00. The van der Waals surface area contributed by atoms with Crippen LogP contribution in [-0.2, 0) is 0 Å². The molecule has 0 spiro atoms. The van der Waals surface area contributed by atoms with Gasteiger partial charge in [-0.05, 0) is 24.3 Å². The fraction of sp³-hybridized carbons (Fsp3) is 0. The van der Waals surface area contributed by atoms with Gasteiger partial charge in [-0.25, -0.2) is 9.97 Å². The minimum atomic E-state index is 0.453. The summed E-state index contributed by atoms with van der Waals surface area (Å²) in [7, 11) is 0. The van der Waals surface area contributed by atoms with Gasteiger partial charge in [0.15, 0.2) is 5.82 Å². The van der Waals surface area contributed by atoms with Crippen LogP contribution in [0.3, 0.4) is 0 Å². The molecule has 4 heteroatoms. The quantitative estimate of drug-likeness (QED) is 0.703. The fourth-order valence-corrected chi connectivity index (χ4v) is 1.17. The maximum atomic E-state index is 8.59. The van der Waals surface area contributed by atoms with E-state index >= 15 is 0 Å². The third-order valence-electron chi connectivity index (χ3n) is 1.95. The third-order valence-corrected chi connectivity index (χ3v) is 1.95. The Labute approximate surface area is 87.0 Å². The molecule has 0 aliphatic heterocycles. The summed E-state index contributed by atoms with van der Waals surface area (Å²) in [5.74, 6) is 0.592. The zero-order valence-electron chi connectivity index (χ0n) is 7.88. The first-order valence-corrected chi connectivity index (χ1v) is 4.37. The third kappa shape index (κ3) is 1.92. The van der Waals surface area contributed by atoms with E-state index < -0.39 is 0 Å². The van der Waals surface area contributed by atoms with Crippen LogP contribution in [0.1, 0.15) is 5.56 Å². The number of hydrogen-bond donors (Lipinski definition) is 1. The van der Waals surface area contributed by atoms with Gasteiger partial charge in [-0.15, -0.1) is 0 Å². The molecule has 0 aliphatic rings. The molecule has 0 saturated carbocycles. The molecule has 4 nitrogen and oxygen atoms in total. The molecule has 0 fully saturated rings. The average molecular weight is 196 g/mol. The Balaban J connectivity index is 2.38. The first-order chi connectivity index (χ1) is 7.29. The van der Waals surface area contributed by atoms with E-state index in [9.17, 15) is 0 Å². The van der Waals surface area contributed by atoms with Crippen LogP contribution in [0.15, 0.2) is 36.7 Å². The summed E-state index contributed by atoms with van der Waals surface area (Å²) in [4.78, 5) is 8.15. The molecule has 2 rings (SSSR count). The Morgan fingerprint density at radius 3 is 2.20 bits per heavy atom. The Kier molecular flexibility index (Phi) is 2.30. The molecule has 0 unspecified atom stereocenters. The maximum Gasteiger partial charge on any atom is 0.159 e. The van der Waals surface area contributed by atoms with Crippen LogP contribution in [0.25, 0.3) is 11.4 Å². The Hall–Kier alpha value is -2.41. The highest BCUT2D eigenvalue weighted by atomic mass is 14.9. The van der Waals surface area contributed by atoms with E-state index in [0.717, 1.165) is 5.56 Å². The minimum absolute atomic E-state index is 0.453. The lowest BCUT2D eigenvalue weighted by atomic mass is 10.2. The summed E-state index contributed by atoms with van der Waals surface area (Å²) in [6, 6.07) is 9.23. The number of nitrogen functional groups attached to an aromatic ring is 1. The molecule has 15 heavy (non-hydrogen) atoms. The van der Waals surface area contributed by atoms with E-state index in [0.29, 0.717) is 17.1 Å². The molecule has 1 aromatic heterocycles. The first kappa shape index (κ1) is 9.16. The van der Waals surface area contributed by atoms with Crippen molar-refractivity contribution in [1.82, 2.24) is 9.97 Å². The molecule has 72 valence electrons. The molecular weight excluding hydrogens is 188 g/mol. The summed E-state index contributed by atoms with van der Waals surface area (Å²) in [6.07, 6.45) is 3.00. The van der Waals surface area contributed by atoms with E-state index in [1.165, 1.54) is 12.4 Å². The molecule has 0 amide bonds. The molecule has 0 atom stereocenters. The molecule has 0 bridgehead atoms. The zero-order chi connectivity index (χ0) is 10.7. The van der Waals surface area contributed by atoms with Crippen molar-refractivity contribution in [2.75, 3.05) is 5.73 Å². The van der Waals surface area contributed by atoms with E-state index in [4.69, 9.17) is 11.0 Å². The van der Waals surface area contributed by atoms with Gasteiger partial charge in [0.1, 0.15) is 6.07 Å². The van der Waals surface area contributed by atoms with E-state index in [-0.39, 0.29) is 0 Å². The average Bonchev–Trinajstić information content (AvgIpc) is 2.30. The predicted octanol–water partition coefficient (Wildman–Crippen LogP) is 1.60.